The lowest BCUT2D eigenvalue weighted by Gasteiger charge is -2.35. The smallest absolute Gasteiger partial charge is 0.335 e. The van der Waals surface area contributed by atoms with Crippen LogP contribution in [0.3, 0.4) is 0 Å². The summed E-state index contributed by atoms with van der Waals surface area (Å²) in [6.07, 6.45) is 1.94. The number of nitrogens with one attached hydrogen (secondary N) is 1. The Morgan fingerprint density at radius 1 is 1.19 bits per heavy atom. The normalized spacial score (nSPS) is 16.0. The van der Waals surface area contributed by atoms with E-state index in [1.807, 2.05) is 0 Å². The highest BCUT2D eigenvalue weighted by molar-refractivity contribution is 5.91. The largest absolute Gasteiger partial charge is 0.478 e. The van der Waals surface area contributed by atoms with Crippen molar-refractivity contribution in [1.29, 1.82) is 0 Å². The van der Waals surface area contributed by atoms with Gasteiger partial charge in [-0.2, -0.15) is 0 Å². The topological polar surface area (TPSA) is 72.9 Å². The van der Waals surface area contributed by atoms with Gasteiger partial charge in [0.1, 0.15) is 0 Å². The summed E-state index contributed by atoms with van der Waals surface area (Å²) >= 11 is 0. The van der Waals surface area contributed by atoms with Crippen molar-refractivity contribution >= 4 is 17.7 Å². The van der Waals surface area contributed by atoms with Gasteiger partial charge in [-0.1, -0.05) is 0 Å². The number of anilines is 1. The van der Waals surface area contributed by atoms with E-state index in [4.69, 9.17) is 5.11 Å². The van der Waals surface area contributed by atoms with Crippen LogP contribution in [0.5, 0.6) is 0 Å². The summed E-state index contributed by atoms with van der Waals surface area (Å²) in [6, 6.07) is 6.58. The molecule has 0 aromatic heterocycles. The van der Waals surface area contributed by atoms with E-state index in [-0.39, 0.29) is 11.6 Å². The van der Waals surface area contributed by atoms with Crippen molar-refractivity contribution < 1.29 is 14.7 Å². The Bertz CT molecular complexity index is 505. The first-order valence-corrected chi connectivity index (χ1v) is 7.03. The van der Waals surface area contributed by atoms with E-state index < -0.39 is 5.97 Å². The zero-order valence-electron chi connectivity index (χ0n) is 12.4. The third-order valence-corrected chi connectivity index (χ3v) is 3.87. The number of amides is 2. The van der Waals surface area contributed by atoms with E-state index in [1.54, 1.807) is 17.0 Å². The molecule has 2 rings (SSSR count). The first-order valence-electron chi connectivity index (χ1n) is 7.03. The average molecular weight is 291 g/mol. The number of benzene rings is 1. The monoisotopic (exact) mass is 291 g/mol. The van der Waals surface area contributed by atoms with E-state index >= 15 is 0 Å². The van der Waals surface area contributed by atoms with Gasteiger partial charge in [-0.05, 0) is 51.2 Å². The molecule has 0 bridgehead atoms. The number of likely N-dealkylation sites (tertiary alicyclic amines) is 1. The summed E-state index contributed by atoms with van der Waals surface area (Å²) < 4.78 is 0. The van der Waals surface area contributed by atoms with Gasteiger partial charge in [0.05, 0.1) is 5.56 Å². The minimum absolute atomic E-state index is 0.129. The van der Waals surface area contributed by atoms with Gasteiger partial charge in [0.2, 0.25) is 0 Å². The Balaban J connectivity index is 1.89. The Morgan fingerprint density at radius 2 is 1.76 bits per heavy atom. The van der Waals surface area contributed by atoms with Crippen molar-refractivity contribution in [2.24, 2.45) is 0 Å². The minimum atomic E-state index is -0.973. The van der Waals surface area contributed by atoms with Crippen molar-refractivity contribution in [2.45, 2.75) is 18.9 Å². The molecule has 6 nitrogen and oxygen atoms in total. The number of hydrogen-bond acceptors (Lipinski definition) is 3. The number of carbonyl (C=O) groups is 2. The van der Waals surface area contributed by atoms with Gasteiger partial charge in [0.25, 0.3) is 0 Å². The molecule has 2 amide bonds. The molecule has 1 aromatic carbocycles. The molecule has 1 fully saturated rings. The van der Waals surface area contributed by atoms with E-state index in [1.165, 1.54) is 12.1 Å². The fourth-order valence-electron chi connectivity index (χ4n) is 2.48. The summed E-state index contributed by atoms with van der Waals surface area (Å²) in [6.45, 7) is 1.48. The Labute approximate surface area is 124 Å². The summed E-state index contributed by atoms with van der Waals surface area (Å²) in [7, 11) is 4.12. The third kappa shape index (κ3) is 3.95. The standard InChI is InChI=1S/C15H21N3O3/c1-17(2)13-7-9-18(10-8-13)15(21)16-12-5-3-11(4-6-12)14(19)20/h3-6,13H,7-10H2,1-2H3,(H,16,21)(H,19,20). The molecule has 0 unspecified atom stereocenters. The molecule has 0 radical (unpaired) electrons. The maximum atomic E-state index is 12.1. The van der Waals surface area contributed by atoms with Gasteiger partial charge in [0, 0.05) is 24.8 Å². The highest BCUT2D eigenvalue weighted by Crippen LogP contribution is 2.16. The van der Waals surface area contributed by atoms with E-state index in [0.717, 1.165) is 25.9 Å². The molecule has 0 spiro atoms. The molecule has 0 saturated carbocycles. The fourth-order valence-corrected chi connectivity index (χ4v) is 2.48. The van der Waals surface area contributed by atoms with Crippen molar-refractivity contribution in [1.82, 2.24) is 9.80 Å². The highest BCUT2D eigenvalue weighted by atomic mass is 16.4. The van der Waals surface area contributed by atoms with Gasteiger partial charge in [0.15, 0.2) is 0 Å². The van der Waals surface area contributed by atoms with Crippen LogP contribution in [-0.4, -0.2) is 60.1 Å². The van der Waals surface area contributed by atoms with Crippen LogP contribution in [0.4, 0.5) is 10.5 Å². The van der Waals surface area contributed by atoms with Gasteiger partial charge >= 0.3 is 12.0 Å². The predicted octanol–water partition coefficient (Wildman–Crippen LogP) is 1.94. The summed E-state index contributed by atoms with van der Waals surface area (Å²) in [4.78, 5) is 26.9. The number of hydrogen-bond donors (Lipinski definition) is 2. The van der Waals surface area contributed by atoms with Crippen molar-refractivity contribution in [2.75, 3.05) is 32.5 Å². The second-order valence-electron chi connectivity index (χ2n) is 5.49. The van der Waals surface area contributed by atoms with Crippen LogP contribution in [0.1, 0.15) is 23.2 Å². The Hall–Kier alpha value is -2.08. The average Bonchev–Trinajstić information content (AvgIpc) is 2.47. The zero-order valence-corrected chi connectivity index (χ0v) is 12.4. The second-order valence-corrected chi connectivity index (χ2v) is 5.49. The van der Waals surface area contributed by atoms with Crippen molar-refractivity contribution in [3.05, 3.63) is 29.8 Å². The van der Waals surface area contributed by atoms with Crippen LogP contribution in [0.2, 0.25) is 0 Å². The van der Waals surface area contributed by atoms with Crippen LogP contribution in [0.15, 0.2) is 24.3 Å². The lowest BCUT2D eigenvalue weighted by atomic mass is 10.0. The molecule has 1 aliphatic rings. The quantitative estimate of drug-likeness (QED) is 0.892. The molecule has 1 heterocycles. The minimum Gasteiger partial charge on any atom is -0.478 e. The maximum Gasteiger partial charge on any atom is 0.335 e. The predicted molar refractivity (Wildman–Crippen MR) is 80.7 cm³/mol. The van der Waals surface area contributed by atoms with Gasteiger partial charge < -0.3 is 20.2 Å². The van der Waals surface area contributed by atoms with Crippen molar-refractivity contribution in [3.8, 4) is 0 Å². The van der Waals surface area contributed by atoms with Gasteiger partial charge in [-0.3, -0.25) is 0 Å². The number of carboxylic acid groups (broad SMARTS) is 1. The molecule has 1 saturated heterocycles. The van der Waals surface area contributed by atoms with Crippen LogP contribution in [-0.2, 0) is 0 Å². The molecule has 1 aliphatic heterocycles. The number of aromatic carboxylic acids is 1. The fraction of sp³-hybridized carbons (Fsp3) is 0.467. The molecule has 21 heavy (non-hydrogen) atoms. The molecular weight excluding hydrogens is 270 g/mol. The molecule has 0 aliphatic carbocycles. The number of piperidine rings is 1. The van der Waals surface area contributed by atoms with Crippen LogP contribution in [0.25, 0.3) is 0 Å². The molecule has 1 aromatic rings. The zero-order chi connectivity index (χ0) is 15.4. The first kappa shape index (κ1) is 15.3. The van der Waals surface area contributed by atoms with E-state index in [0.29, 0.717) is 11.7 Å². The third-order valence-electron chi connectivity index (χ3n) is 3.87. The lowest BCUT2D eigenvalue weighted by molar-refractivity contribution is 0.0697. The Morgan fingerprint density at radius 3 is 2.24 bits per heavy atom. The Kier molecular flexibility index (Phi) is 4.80. The second kappa shape index (κ2) is 6.58. The SMILES string of the molecule is CN(C)C1CCN(C(=O)Nc2ccc(C(=O)O)cc2)CC1. The summed E-state index contributed by atoms with van der Waals surface area (Å²) in [5.74, 6) is -0.973. The molecular formula is C15H21N3O3. The van der Waals surface area contributed by atoms with Crippen LogP contribution in [0, 0.1) is 0 Å². The number of urea groups is 1. The van der Waals surface area contributed by atoms with Crippen LogP contribution >= 0.6 is 0 Å². The van der Waals surface area contributed by atoms with Gasteiger partial charge in [-0.15, -0.1) is 0 Å². The number of nitrogens with zero attached hydrogens (tertiary/aromatic N) is 2. The molecule has 2 N–H and O–H groups in total. The molecule has 114 valence electrons. The number of carbonyl (C=O) groups excluding carboxylic acids is 1. The number of rotatable bonds is 3. The van der Waals surface area contributed by atoms with Crippen LogP contribution < -0.4 is 5.32 Å². The number of carboxylic acids is 1. The van der Waals surface area contributed by atoms with Gasteiger partial charge in [-0.25, -0.2) is 9.59 Å². The maximum absolute atomic E-state index is 12.1. The highest BCUT2D eigenvalue weighted by Gasteiger charge is 2.23. The molecule has 6 heteroatoms. The van der Waals surface area contributed by atoms with E-state index in [2.05, 4.69) is 24.3 Å². The molecule has 0 atom stereocenters. The van der Waals surface area contributed by atoms with E-state index in [9.17, 15) is 9.59 Å². The summed E-state index contributed by atoms with van der Waals surface area (Å²) in [5, 5.41) is 11.6. The first-order chi connectivity index (χ1) is 9.97. The lowest BCUT2D eigenvalue weighted by Crippen LogP contribution is -2.46. The van der Waals surface area contributed by atoms with Crippen molar-refractivity contribution in [3.63, 3.8) is 0 Å². The summed E-state index contributed by atoms with van der Waals surface area (Å²) in [5.41, 5.74) is 0.819.